The summed E-state index contributed by atoms with van der Waals surface area (Å²) in [6.07, 6.45) is 5.68. The molecule has 3 N–H and O–H groups in total. The van der Waals surface area contributed by atoms with E-state index < -0.39 is 5.82 Å². The smallest absolute Gasteiger partial charge is 0.182 e. The van der Waals surface area contributed by atoms with Crippen LogP contribution in [0.2, 0.25) is 5.02 Å². The number of halogens is 3. The van der Waals surface area contributed by atoms with Crippen LogP contribution in [0.25, 0.3) is 16.7 Å². The van der Waals surface area contributed by atoms with Crippen LogP contribution in [0.4, 0.5) is 10.2 Å². The molecule has 7 nitrogen and oxygen atoms in total. The molecule has 154 valence electrons. The SMILES string of the molecule is COc1c(C(C)Nc2ncnc3nc[nH]c23)cc(Cl)c(F)c1C1=CCNCC1.Cl. The first-order valence-corrected chi connectivity index (χ1v) is 9.34. The molecule has 29 heavy (non-hydrogen) atoms. The van der Waals surface area contributed by atoms with Crippen molar-refractivity contribution in [1.29, 1.82) is 0 Å². The van der Waals surface area contributed by atoms with Crippen LogP contribution in [0, 0.1) is 5.82 Å². The lowest BCUT2D eigenvalue weighted by Crippen LogP contribution is -2.21. The highest BCUT2D eigenvalue weighted by Crippen LogP contribution is 2.41. The quantitative estimate of drug-likeness (QED) is 0.554. The number of hydrogen-bond donors (Lipinski definition) is 3. The molecule has 0 saturated heterocycles. The summed E-state index contributed by atoms with van der Waals surface area (Å²) in [6, 6.07) is 1.35. The van der Waals surface area contributed by atoms with Gasteiger partial charge in [-0.2, -0.15) is 0 Å². The van der Waals surface area contributed by atoms with E-state index in [1.807, 2.05) is 13.0 Å². The summed E-state index contributed by atoms with van der Waals surface area (Å²) in [4.78, 5) is 15.6. The molecular formula is C19H21Cl2FN6O. The van der Waals surface area contributed by atoms with E-state index in [0.29, 0.717) is 41.3 Å². The van der Waals surface area contributed by atoms with Crippen molar-refractivity contribution in [2.24, 2.45) is 0 Å². The Hall–Kier alpha value is -2.42. The van der Waals surface area contributed by atoms with Gasteiger partial charge in [-0.25, -0.2) is 19.3 Å². The van der Waals surface area contributed by atoms with E-state index in [9.17, 15) is 4.39 Å². The Morgan fingerprint density at radius 3 is 2.86 bits per heavy atom. The van der Waals surface area contributed by atoms with Gasteiger partial charge in [0.15, 0.2) is 17.3 Å². The van der Waals surface area contributed by atoms with Gasteiger partial charge in [-0.1, -0.05) is 17.7 Å². The molecule has 0 radical (unpaired) electrons. The van der Waals surface area contributed by atoms with E-state index in [0.717, 1.165) is 17.7 Å². The van der Waals surface area contributed by atoms with Crippen LogP contribution in [0.1, 0.15) is 30.5 Å². The molecule has 1 aromatic carbocycles. The Labute approximate surface area is 178 Å². The second kappa shape index (κ2) is 8.94. The van der Waals surface area contributed by atoms with Crippen LogP contribution in [0.5, 0.6) is 5.75 Å². The van der Waals surface area contributed by atoms with Crippen LogP contribution >= 0.6 is 24.0 Å². The molecule has 4 rings (SSSR count). The van der Waals surface area contributed by atoms with Gasteiger partial charge in [0.25, 0.3) is 0 Å². The third kappa shape index (κ3) is 4.01. The largest absolute Gasteiger partial charge is 0.496 e. The van der Waals surface area contributed by atoms with Gasteiger partial charge in [0, 0.05) is 12.1 Å². The Kier molecular flexibility index (Phi) is 6.56. The van der Waals surface area contributed by atoms with Crippen LogP contribution in [-0.4, -0.2) is 40.1 Å². The van der Waals surface area contributed by atoms with E-state index in [4.69, 9.17) is 16.3 Å². The van der Waals surface area contributed by atoms with Crippen molar-refractivity contribution < 1.29 is 9.13 Å². The topological polar surface area (TPSA) is 87.8 Å². The molecule has 1 aliphatic heterocycles. The average molecular weight is 439 g/mol. The minimum Gasteiger partial charge on any atom is -0.496 e. The fourth-order valence-corrected chi connectivity index (χ4v) is 3.68. The fourth-order valence-electron chi connectivity index (χ4n) is 3.46. The number of nitrogens with one attached hydrogen (secondary N) is 3. The highest BCUT2D eigenvalue weighted by Gasteiger charge is 2.25. The van der Waals surface area contributed by atoms with Gasteiger partial charge in [0.05, 0.1) is 30.1 Å². The summed E-state index contributed by atoms with van der Waals surface area (Å²) in [5.41, 5.74) is 3.32. The molecule has 0 amide bonds. The first kappa shape index (κ1) is 21.3. The zero-order chi connectivity index (χ0) is 19.7. The van der Waals surface area contributed by atoms with Gasteiger partial charge in [-0.05, 0) is 31.5 Å². The molecule has 1 aliphatic rings. The van der Waals surface area contributed by atoms with Crippen molar-refractivity contribution in [3.05, 3.63) is 46.8 Å². The van der Waals surface area contributed by atoms with Crippen LogP contribution in [-0.2, 0) is 0 Å². The van der Waals surface area contributed by atoms with Gasteiger partial charge >= 0.3 is 0 Å². The van der Waals surface area contributed by atoms with E-state index in [2.05, 4.69) is 30.6 Å². The van der Waals surface area contributed by atoms with E-state index in [1.165, 1.54) is 6.33 Å². The summed E-state index contributed by atoms with van der Waals surface area (Å²) in [6.45, 7) is 3.41. The highest BCUT2D eigenvalue weighted by molar-refractivity contribution is 6.31. The number of ether oxygens (including phenoxy) is 1. The molecule has 1 unspecified atom stereocenters. The van der Waals surface area contributed by atoms with Crippen molar-refractivity contribution in [2.75, 3.05) is 25.5 Å². The Bertz CT molecular complexity index is 1050. The summed E-state index contributed by atoms with van der Waals surface area (Å²) in [5, 5.41) is 6.62. The molecule has 1 atom stereocenters. The number of benzene rings is 1. The lowest BCUT2D eigenvalue weighted by atomic mass is 9.94. The number of nitrogens with zero attached hydrogens (tertiary/aromatic N) is 3. The summed E-state index contributed by atoms with van der Waals surface area (Å²) in [5.74, 6) is 0.616. The van der Waals surface area contributed by atoms with E-state index in [-0.39, 0.29) is 23.5 Å². The first-order valence-electron chi connectivity index (χ1n) is 8.96. The molecule has 2 aromatic heterocycles. The van der Waals surface area contributed by atoms with Crippen molar-refractivity contribution in [3.8, 4) is 5.75 Å². The van der Waals surface area contributed by atoms with E-state index in [1.54, 1.807) is 19.5 Å². The molecule has 0 saturated carbocycles. The Morgan fingerprint density at radius 2 is 2.14 bits per heavy atom. The Morgan fingerprint density at radius 1 is 1.31 bits per heavy atom. The number of anilines is 1. The highest BCUT2D eigenvalue weighted by atomic mass is 35.5. The van der Waals surface area contributed by atoms with Crippen LogP contribution < -0.4 is 15.4 Å². The number of methoxy groups -OCH3 is 1. The normalized spacial score (nSPS) is 14.8. The third-order valence-electron chi connectivity index (χ3n) is 4.83. The molecule has 0 spiro atoms. The van der Waals surface area contributed by atoms with Gasteiger partial charge in [-0.15, -0.1) is 12.4 Å². The predicted molar refractivity (Wildman–Crippen MR) is 114 cm³/mol. The summed E-state index contributed by atoms with van der Waals surface area (Å²) in [7, 11) is 1.54. The van der Waals surface area contributed by atoms with Gasteiger partial charge in [0.2, 0.25) is 0 Å². The molecule has 3 aromatic rings. The number of fused-ring (bicyclic) bond motifs is 1. The van der Waals surface area contributed by atoms with Crippen LogP contribution in [0.15, 0.2) is 24.8 Å². The number of rotatable bonds is 5. The van der Waals surface area contributed by atoms with Gasteiger partial charge in [0.1, 0.15) is 17.6 Å². The predicted octanol–water partition coefficient (Wildman–Crippen LogP) is 4.13. The summed E-state index contributed by atoms with van der Waals surface area (Å²) < 4.78 is 20.6. The van der Waals surface area contributed by atoms with Crippen molar-refractivity contribution in [2.45, 2.75) is 19.4 Å². The molecular weight excluding hydrogens is 418 g/mol. The third-order valence-corrected chi connectivity index (χ3v) is 5.11. The maximum Gasteiger partial charge on any atom is 0.182 e. The Balaban J connectivity index is 0.00000240. The second-order valence-electron chi connectivity index (χ2n) is 6.54. The minimum absolute atomic E-state index is 0. The van der Waals surface area contributed by atoms with Crippen molar-refractivity contribution in [1.82, 2.24) is 25.3 Å². The molecule has 0 bridgehead atoms. The van der Waals surface area contributed by atoms with Crippen molar-refractivity contribution >= 4 is 46.6 Å². The average Bonchev–Trinajstić information content (AvgIpc) is 3.20. The zero-order valence-corrected chi connectivity index (χ0v) is 17.5. The lowest BCUT2D eigenvalue weighted by Gasteiger charge is -2.24. The molecule has 0 fully saturated rings. The number of aromatic nitrogens is 4. The summed E-state index contributed by atoms with van der Waals surface area (Å²) >= 11 is 6.25. The fraction of sp³-hybridized carbons (Fsp3) is 0.316. The van der Waals surface area contributed by atoms with Crippen molar-refractivity contribution in [3.63, 3.8) is 0 Å². The maximum atomic E-state index is 14.9. The second-order valence-corrected chi connectivity index (χ2v) is 6.95. The standard InChI is InChI=1S/C19H20ClFN6O.ClH/c1-10(27-19-16-18(24-8-23-16)25-9-26-19)12-7-13(20)15(21)14(17(12)28-2)11-3-5-22-6-4-11;/h3,7-10,22H,4-6H2,1-2H3,(H2,23,24,25,26,27);1H. The molecule has 3 heterocycles. The van der Waals surface area contributed by atoms with Gasteiger partial charge in [-0.3, -0.25) is 0 Å². The van der Waals surface area contributed by atoms with E-state index >= 15 is 0 Å². The minimum atomic E-state index is -0.458. The number of imidazole rings is 1. The monoisotopic (exact) mass is 438 g/mol. The molecule has 10 heteroatoms. The lowest BCUT2D eigenvalue weighted by molar-refractivity contribution is 0.402. The maximum absolute atomic E-state index is 14.9. The zero-order valence-electron chi connectivity index (χ0n) is 15.9. The van der Waals surface area contributed by atoms with Gasteiger partial charge < -0.3 is 20.4 Å². The molecule has 0 aliphatic carbocycles. The number of aromatic amines is 1. The number of hydrogen-bond acceptors (Lipinski definition) is 6. The van der Waals surface area contributed by atoms with Crippen LogP contribution in [0.3, 0.4) is 0 Å². The first-order chi connectivity index (χ1) is 13.6. The number of H-pyrrole nitrogens is 1.